The van der Waals surface area contributed by atoms with Gasteiger partial charge in [0.1, 0.15) is 11.8 Å². The molecule has 7 nitrogen and oxygen atoms in total. The van der Waals surface area contributed by atoms with Crippen LogP contribution in [0.15, 0.2) is 65.9 Å². The Kier molecular flexibility index (Phi) is 6.66. The summed E-state index contributed by atoms with van der Waals surface area (Å²) in [7, 11) is 0. The number of aliphatic hydroxyl groups excluding tert-OH is 1. The van der Waals surface area contributed by atoms with E-state index in [4.69, 9.17) is 5.26 Å². The lowest BCUT2D eigenvalue weighted by atomic mass is 9.98. The monoisotopic (exact) mass is 377 g/mol. The molecule has 2 aromatic rings. The average molecular weight is 377 g/mol. The van der Waals surface area contributed by atoms with E-state index in [1.54, 1.807) is 30.3 Å². The maximum Gasteiger partial charge on any atom is 0.269 e. The lowest BCUT2D eigenvalue weighted by molar-refractivity contribution is -0.118. The van der Waals surface area contributed by atoms with Crippen molar-refractivity contribution in [3.05, 3.63) is 71.5 Å². The Bertz CT molecular complexity index is 953. The van der Waals surface area contributed by atoms with Crippen molar-refractivity contribution in [1.82, 2.24) is 0 Å². The summed E-state index contributed by atoms with van der Waals surface area (Å²) in [5, 5.41) is 23.3. The molecule has 142 valence electrons. The van der Waals surface area contributed by atoms with Gasteiger partial charge in [0.15, 0.2) is 11.4 Å². The van der Waals surface area contributed by atoms with Crippen molar-refractivity contribution in [3.8, 4) is 6.07 Å². The van der Waals surface area contributed by atoms with Gasteiger partial charge in [-0.25, -0.2) is 0 Å². The zero-order chi connectivity index (χ0) is 20.7. The first-order valence-corrected chi connectivity index (χ1v) is 8.45. The first kappa shape index (κ1) is 20.4. The fourth-order valence-corrected chi connectivity index (χ4v) is 2.35. The third-order valence-electron chi connectivity index (χ3n) is 3.96. The first-order chi connectivity index (χ1) is 13.3. The molecule has 0 spiro atoms. The van der Waals surface area contributed by atoms with Crippen molar-refractivity contribution < 1.29 is 19.5 Å². The standard InChI is InChI=1S/C21H19N3O4/c1-13(20(27)23-16-6-4-3-5-7-16)19(26)15-8-10-17(11-9-15)24-21(28)18(12-22)14(2)25/h3-11,13,25H,1-2H3,(H,23,27)(H,24,28). The smallest absolute Gasteiger partial charge is 0.269 e. The number of hydrogen-bond donors (Lipinski definition) is 3. The van der Waals surface area contributed by atoms with E-state index in [-0.39, 0.29) is 11.5 Å². The number of benzene rings is 2. The van der Waals surface area contributed by atoms with Gasteiger partial charge in [0, 0.05) is 16.9 Å². The van der Waals surface area contributed by atoms with Crippen LogP contribution in [0.25, 0.3) is 0 Å². The molecule has 0 heterocycles. The van der Waals surface area contributed by atoms with Crippen LogP contribution in [0.5, 0.6) is 0 Å². The minimum Gasteiger partial charge on any atom is -0.511 e. The number of anilines is 2. The van der Waals surface area contributed by atoms with Gasteiger partial charge in [-0.05, 0) is 50.2 Å². The molecule has 0 aliphatic heterocycles. The number of rotatable bonds is 6. The number of aliphatic hydroxyl groups is 1. The molecule has 28 heavy (non-hydrogen) atoms. The largest absolute Gasteiger partial charge is 0.511 e. The number of carbonyl (C=O) groups is 3. The van der Waals surface area contributed by atoms with Crippen molar-refractivity contribution in [2.75, 3.05) is 10.6 Å². The third kappa shape index (κ3) is 5.05. The summed E-state index contributed by atoms with van der Waals surface area (Å²) >= 11 is 0. The zero-order valence-electron chi connectivity index (χ0n) is 15.4. The molecule has 0 aromatic heterocycles. The first-order valence-electron chi connectivity index (χ1n) is 8.45. The normalized spacial score (nSPS) is 12.2. The SMILES string of the molecule is CC(O)=C(C#N)C(=O)Nc1ccc(C(=O)C(C)C(=O)Nc2ccccc2)cc1. The Balaban J connectivity index is 2.05. The van der Waals surface area contributed by atoms with Crippen LogP contribution in [0, 0.1) is 17.2 Å². The molecule has 0 aliphatic carbocycles. The molecule has 2 rings (SSSR count). The maximum absolute atomic E-state index is 12.5. The Hall–Kier alpha value is -3.92. The fraction of sp³-hybridized carbons (Fsp3) is 0.143. The quantitative estimate of drug-likeness (QED) is 0.234. The highest BCUT2D eigenvalue weighted by Crippen LogP contribution is 2.16. The minimum atomic E-state index is -0.897. The Morgan fingerprint density at radius 2 is 1.54 bits per heavy atom. The lowest BCUT2D eigenvalue weighted by Gasteiger charge is -2.12. The van der Waals surface area contributed by atoms with Crippen LogP contribution in [-0.2, 0) is 9.59 Å². The molecule has 0 bridgehead atoms. The Morgan fingerprint density at radius 1 is 0.964 bits per heavy atom. The number of carbonyl (C=O) groups excluding carboxylic acids is 3. The van der Waals surface area contributed by atoms with E-state index in [0.29, 0.717) is 16.9 Å². The number of allylic oxidation sites excluding steroid dienone is 1. The molecule has 0 saturated carbocycles. The average Bonchev–Trinajstić information content (AvgIpc) is 2.68. The number of hydrogen-bond acceptors (Lipinski definition) is 5. The van der Waals surface area contributed by atoms with E-state index in [9.17, 15) is 19.5 Å². The van der Waals surface area contributed by atoms with Gasteiger partial charge in [0.05, 0.1) is 5.92 Å². The van der Waals surface area contributed by atoms with Crippen LogP contribution < -0.4 is 10.6 Å². The maximum atomic E-state index is 12.5. The van der Waals surface area contributed by atoms with Crippen LogP contribution in [0.3, 0.4) is 0 Å². The van der Waals surface area contributed by atoms with Gasteiger partial charge in [-0.15, -0.1) is 0 Å². The van der Waals surface area contributed by atoms with Gasteiger partial charge in [-0.1, -0.05) is 18.2 Å². The van der Waals surface area contributed by atoms with E-state index < -0.39 is 23.3 Å². The van der Waals surface area contributed by atoms with E-state index in [1.807, 2.05) is 6.07 Å². The Labute approximate surface area is 162 Å². The van der Waals surface area contributed by atoms with Crippen molar-refractivity contribution in [1.29, 1.82) is 5.26 Å². The molecule has 0 radical (unpaired) electrons. The molecule has 0 aliphatic rings. The van der Waals surface area contributed by atoms with E-state index in [2.05, 4.69) is 10.6 Å². The third-order valence-corrected chi connectivity index (χ3v) is 3.96. The lowest BCUT2D eigenvalue weighted by Crippen LogP contribution is -2.27. The van der Waals surface area contributed by atoms with Gasteiger partial charge in [0.25, 0.3) is 5.91 Å². The summed E-state index contributed by atoms with van der Waals surface area (Å²) in [5.74, 6) is -2.82. The number of para-hydroxylation sites is 1. The second kappa shape index (κ2) is 9.14. The number of nitrogens with zero attached hydrogens (tertiary/aromatic N) is 1. The predicted octanol–water partition coefficient (Wildman–Crippen LogP) is 3.44. The summed E-state index contributed by atoms with van der Waals surface area (Å²) in [4.78, 5) is 36.7. The summed E-state index contributed by atoms with van der Waals surface area (Å²) in [5.41, 5.74) is 0.858. The summed E-state index contributed by atoms with van der Waals surface area (Å²) in [6, 6.07) is 16.4. The minimum absolute atomic E-state index is 0.308. The van der Waals surface area contributed by atoms with E-state index in [0.717, 1.165) is 0 Å². The van der Waals surface area contributed by atoms with Crippen LogP contribution >= 0.6 is 0 Å². The Morgan fingerprint density at radius 3 is 2.07 bits per heavy atom. The zero-order valence-corrected chi connectivity index (χ0v) is 15.4. The highest BCUT2D eigenvalue weighted by molar-refractivity contribution is 6.13. The molecular weight excluding hydrogens is 358 g/mol. The van der Waals surface area contributed by atoms with E-state index >= 15 is 0 Å². The molecule has 0 saturated heterocycles. The van der Waals surface area contributed by atoms with E-state index in [1.165, 1.54) is 38.1 Å². The fourth-order valence-electron chi connectivity index (χ4n) is 2.35. The van der Waals surface area contributed by atoms with Crippen molar-refractivity contribution in [2.24, 2.45) is 5.92 Å². The van der Waals surface area contributed by atoms with Gasteiger partial charge in [-0.3, -0.25) is 14.4 Å². The van der Waals surface area contributed by atoms with Crippen LogP contribution in [0.4, 0.5) is 11.4 Å². The van der Waals surface area contributed by atoms with Crippen molar-refractivity contribution in [2.45, 2.75) is 13.8 Å². The molecule has 2 amide bonds. The molecule has 1 unspecified atom stereocenters. The molecular formula is C21H19N3O4. The van der Waals surface area contributed by atoms with Gasteiger partial charge < -0.3 is 15.7 Å². The van der Waals surface area contributed by atoms with Gasteiger partial charge in [0.2, 0.25) is 5.91 Å². The molecule has 2 aromatic carbocycles. The van der Waals surface area contributed by atoms with Gasteiger partial charge in [-0.2, -0.15) is 5.26 Å². The topological polar surface area (TPSA) is 119 Å². The van der Waals surface area contributed by atoms with Crippen molar-refractivity contribution >= 4 is 29.0 Å². The summed E-state index contributed by atoms with van der Waals surface area (Å²) in [6.45, 7) is 2.76. The number of nitrogens with one attached hydrogen (secondary N) is 2. The number of ketones is 1. The summed E-state index contributed by atoms with van der Waals surface area (Å²) in [6.07, 6.45) is 0. The second-order valence-corrected chi connectivity index (χ2v) is 6.04. The van der Waals surface area contributed by atoms with Crippen LogP contribution in [0.1, 0.15) is 24.2 Å². The highest BCUT2D eigenvalue weighted by Gasteiger charge is 2.23. The van der Waals surface area contributed by atoms with Crippen molar-refractivity contribution in [3.63, 3.8) is 0 Å². The molecule has 3 N–H and O–H groups in total. The van der Waals surface area contributed by atoms with Gasteiger partial charge >= 0.3 is 0 Å². The second-order valence-electron chi connectivity index (χ2n) is 6.04. The number of Topliss-reactive ketones (excluding diaryl/α,β-unsaturated/α-hetero) is 1. The molecule has 1 atom stereocenters. The van der Waals surface area contributed by atoms with Crippen LogP contribution in [-0.4, -0.2) is 22.7 Å². The number of nitriles is 1. The van der Waals surface area contributed by atoms with Crippen LogP contribution in [0.2, 0.25) is 0 Å². The molecule has 7 heteroatoms. The highest BCUT2D eigenvalue weighted by atomic mass is 16.3. The summed E-state index contributed by atoms with van der Waals surface area (Å²) < 4.78 is 0. The predicted molar refractivity (Wildman–Crippen MR) is 105 cm³/mol. The number of amides is 2. The molecule has 0 fully saturated rings.